The number of nitrogens with zero attached hydrogens (tertiary/aromatic N) is 1. The molecule has 1 aromatic carbocycles. The molecule has 0 spiro atoms. The Morgan fingerprint density at radius 1 is 1.08 bits per heavy atom. The number of hydrogen-bond acceptors (Lipinski definition) is 2. The lowest BCUT2D eigenvalue weighted by Crippen LogP contribution is -2.45. The molecule has 3 atom stereocenters. The molecule has 0 bridgehead atoms. The maximum Gasteiger partial charge on any atom is 0.228 e. The van der Waals surface area contributed by atoms with Crippen molar-refractivity contribution in [3.05, 3.63) is 36.5 Å². The van der Waals surface area contributed by atoms with Gasteiger partial charge in [-0.2, -0.15) is 0 Å². The van der Waals surface area contributed by atoms with Crippen molar-refractivity contribution < 1.29 is 4.79 Å². The Hall–Kier alpha value is -1.90. The van der Waals surface area contributed by atoms with Crippen molar-refractivity contribution in [2.24, 2.45) is 29.6 Å². The first-order valence-electron chi connectivity index (χ1n) is 9.60. The molecule has 1 heterocycles. The molecule has 0 aliphatic heterocycles. The molecular weight excluding hydrogens is 308 g/mol. The largest absolute Gasteiger partial charge is 0.324 e. The normalized spacial score (nSPS) is 23.0. The summed E-state index contributed by atoms with van der Waals surface area (Å²) in [7, 11) is 0. The van der Waals surface area contributed by atoms with Gasteiger partial charge in [0.25, 0.3) is 0 Å². The van der Waals surface area contributed by atoms with Crippen LogP contribution in [0.25, 0.3) is 10.9 Å². The van der Waals surface area contributed by atoms with Gasteiger partial charge in [0, 0.05) is 17.5 Å². The number of amides is 1. The molecule has 1 fully saturated rings. The van der Waals surface area contributed by atoms with E-state index in [0.717, 1.165) is 29.4 Å². The Kier molecular flexibility index (Phi) is 5.41. The van der Waals surface area contributed by atoms with Gasteiger partial charge in [-0.05, 0) is 55.1 Å². The van der Waals surface area contributed by atoms with E-state index in [9.17, 15) is 4.79 Å². The van der Waals surface area contributed by atoms with Crippen molar-refractivity contribution in [1.82, 2.24) is 4.98 Å². The van der Waals surface area contributed by atoms with Crippen molar-refractivity contribution in [2.45, 2.75) is 47.0 Å². The van der Waals surface area contributed by atoms with E-state index in [0.29, 0.717) is 23.7 Å². The average Bonchev–Trinajstić information content (AvgIpc) is 2.53. The Balaban J connectivity index is 1.78. The van der Waals surface area contributed by atoms with Crippen LogP contribution in [0.5, 0.6) is 0 Å². The van der Waals surface area contributed by atoms with Crippen LogP contribution in [0.1, 0.15) is 47.0 Å². The Labute approximate surface area is 151 Å². The summed E-state index contributed by atoms with van der Waals surface area (Å²) in [5.41, 5.74) is 1.71. The van der Waals surface area contributed by atoms with Crippen LogP contribution in [0.15, 0.2) is 36.5 Å². The van der Waals surface area contributed by atoms with Gasteiger partial charge in [0.2, 0.25) is 5.91 Å². The molecule has 3 heteroatoms. The molecule has 1 aliphatic carbocycles. The first kappa shape index (κ1) is 17.9. The minimum absolute atomic E-state index is 0.142. The fraction of sp³-hybridized carbons (Fsp3) is 0.545. The highest BCUT2D eigenvalue weighted by Gasteiger charge is 2.45. The molecule has 1 unspecified atom stereocenters. The summed E-state index contributed by atoms with van der Waals surface area (Å²) in [5.74, 6) is 2.64. The molecule has 3 nitrogen and oxygen atoms in total. The van der Waals surface area contributed by atoms with Crippen molar-refractivity contribution in [3.8, 4) is 0 Å². The predicted octanol–water partition coefficient (Wildman–Crippen LogP) is 5.52. The van der Waals surface area contributed by atoms with Gasteiger partial charge in [0.1, 0.15) is 0 Å². The number of anilines is 1. The van der Waals surface area contributed by atoms with Crippen LogP contribution in [0, 0.1) is 29.6 Å². The number of aromatic nitrogens is 1. The number of hydrogen-bond donors (Lipinski definition) is 1. The summed E-state index contributed by atoms with van der Waals surface area (Å²) < 4.78 is 0. The summed E-state index contributed by atoms with van der Waals surface area (Å²) in [6, 6.07) is 9.94. The van der Waals surface area contributed by atoms with Crippen molar-refractivity contribution >= 4 is 22.5 Å². The molecule has 1 amide bonds. The van der Waals surface area contributed by atoms with Crippen LogP contribution in [0.4, 0.5) is 5.69 Å². The van der Waals surface area contributed by atoms with Gasteiger partial charge >= 0.3 is 0 Å². The molecule has 3 rings (SSSR count). The molecule has 134 valence electrons. The second-order valence-electron chi connectivity index (χ2n) is 8.41. The van der Waals surface area contributed by atoms with E-state index >= 15 is 0 Å². The van der Waals surface area contributed by atoms with Gasteiger partial charge in [-0.3, -0.25) is 9.78 Å². The molecular formula is C22H30N2O. The number of rotatable bonds is 6. The highest BCUT2D eigenvalue weighted by molar-refractivity contribution is 6.01. The molecule has 1 N–H and O–H groups in total. The molecule has 1 saturated carbocycles. The van der Waals surface area contributed by atoms with Gasteiger partial charge in [0.05, 0.1) is 11.2 Å². The van der Waals surface area contributed by atoms with Gasteiger partial charge in [-0.25, -0.2) is 0 Å². The van der Waals surface area contributed by atoms with Gasteiger partial charge in [-0.15, -0.1) is 0 Å². The van der Waals surface area contributed by atoms with E-state index in [4.69, 9.17) is 0 Å². The minimum Gasteiger partial charge on any atom is -0.324 e. The van der Waals surface area contributed by atoms with Crippen LogP contribution in [-0.4, -0.2) is 10.9 Å². The van der Waals surface area contributed by atoms with Gasteiger partial charge < -0.3 is 5.32 Å². The SMILES string of the molecule is CC(C)C[C@@H]1C[C@H](CC(C)C)C1C(=O)Nc1cccc2cccnc12. The Morgan fingerprint density at radius 3 is 2.36 bits per heavy atom. The fourth-order valence-corrected chi connectivity index (χ4v) is 4.42. The van der Waals surface area contributed by atoms with E-state index in [-0.39, 0.29) is 11.8 Å². The van der Waals surface area contributed by atoms with Gasteiger partial charge in [0.15, 0.2) is 0 Å². The Morgan fingerprint density at radius 2 is 1.72 bits per heavy atom. The van der Waals surface area contributed by atoms with Crippen LogP contribution >= 0.6 is 0 Å². The number of para-hydroxylation sites is 1. The number of fused-ring (bicyclic) bond motifs is 1. The first-order chi connectivity index (χ1) is 12.0. The van der Waals surface area contributed by atoms with Crippen LogP contribution in [-0.2, 0) is 4.79 Å². The van der Waals surface area contributed by atoms with Crippen molar-refractivity contribution in [1.29, 1.82) is 0 Å². The zero-order valence-corrected chi connectivity index (χ0v) is 15.8. The van der Waals surface area contributed by atoms with Crippen LogP contribution < -0.4 is 5.32 Å². The number of nitrogens with one attached hydrogen (secondary N) is 1. The predicted molar refractivity (Wildman–Crippen MR) is 104 cm³/mol. The Bertz CT molecular complexity index is 716. The molecule has 25 heavy (non-hydrogen) atoms. The summed E-state index contributed by atoms with van der Waals surface area (Å²) in [6.45, 7) is 9.00. The lowest BCUT2D eigenvalue weighted by Gasteiger charge is -2.45. The monoisotopic (exact) mass is 338 g/mol. The highest BCUT2D eigenvalue weighted by atomic mass is 16.2. The second-order valence-corrected chi connectivity index (χ2v) is 8.41. The fourth-order valence-electron chi connectivity index (χ4n) is 4.42. The molecule has 0 radical (unpaired) electrons. The zero-order chi connectivity index (χ0) is 18.0. The highest BCUT2D eigenvalue weighted by Crippen LogP contribution is 2.47. The van der Waals surface area contributed by atoms with E-state index in [1.807, 2.05) is 30.3 Å². The second kappa shape index (κ2) is 7.55. The number of carbonyl (C=O) groups is 1. The molecule has 2 aromatic rings. The standard InChI is InChI=1S/C22H30N2O/c1-14(2)11-17-13-18(12-15(3)4)20(17)22(25)24-19-9-5-7-16-8-6-10-23-21(16)19/h5-10,14-15,17-18,20H,11-13H2,1-4H3,(H,24,25)/t17-,18+,20?. The maximum atomic E-state index is 13.1. The lowest BCUT2D eigenvalue weighted by atomic mass is 9.59. The molecule has 0 saturated heterocycles. The first-order valence-corrected chi connectivity index (χ1v) is 9.60. The number of benzene rings is 1. The number of carbonyl (C=O) groups excluding carboxylic acids is 1. The van der Waals surface area contributed by atoms with E-state index in [1.54, 1.807) is 6.20 Å². The summed E-state index contributed by atoms with van der Waals surface area (Å²) in [6.07, 6.45) is 5.26. The van der Waals surface area contributed by atoms with E-state index in [1.165, 1.54) is 6.42 Å². The average molecular weight is 338 g/mol. The van der Waals surface area contributed by atoms with Crippen molar-refractivity contribution in [3.63, 3.8) is 0 Å². The third-order valence-electron chi connectivity index (χ3n) is 5.36. The topological polar surface area (TPSA) is 42.0 Å². The number of pyridine rings is 1. The van der Waals surface area contributed by atoms with E-state index < -0.39 is 0 Å². The quantitative estimate of drug-likeness (QED) is 0.753. The third-order valence-corrected chi connectivity index (χ3v) is 5.36. The third kappa shape index (κ3) is 4.02. The smallest absolute Gasteiger partial charge is 0.228 e. The van der Waals surface area contributed by atoms with E-state index in [2.05, 4.69) is 38.0 Å². The zero-order valence-electron chi connectivity index (χ0n) is 15.8. The van der Waals surface area contributed by atoms with Crippen LogP contribution in [0.2, 0.25) is 0 Å². The van der Waals surface area contributed by atoms with Crippen LogP contribution in [0.3, 0.4) is 0 Å². The lowest BCUT2D eigenvalue weighted by molar-refractivity contribution is -0.130. The maximum absolute atomic E-state index is 13.1. The van der Waals surface area contributed by atoms with Gasteiger partial charge in [-0.1, -0.05) is 45.9 Å². The summed E-state index contributed by atoms with van der Waals surface area (Å²) in [5, 5.41) is 4.25. The van der Waals surface area contributed by atoms with Crippen molar-refractivity contribution in [2.75, 3.05) is 5.32 Å². The molecule has 1 aromatic heterocycles. The summed E-state index contributed by atoms with van der Waals surface area (Å²) >= 11 is 0. The minimum atomic E-state index is 0.142. The molecule has 1 aliphatic rings. The summed E-state index contributed by atoms with van der Waals surface area (Å²) in [4.78, 5) is 17.5.